The molecular formula is C23H16ClFO4. The van der Waals surface area contributed by atoms with E-state index in [4.69, 9.17) is 25.8 Å². The predicted octanol–water partition coefficient (Wildman–Crippen LogP) is 5.68. The third kappa shape index (κ3) is 3.96. The number of halogens is 2. The van der Waals surface area contributed by atoms with Gasteiger partial charge in [0, 0.05) is 11.6 Å². The number of hydrogen-bond donors (Lipinski definition) is 0. The lowest BCUT2D eigenvalue weighted by molar-refractivity contribution is 0.101. The summed E-state index contributed by atoms with van der Waals surface area (Å²) in [5.74, 6) is 1.15. The molecule has 0 radical (unpaired) electrons. The molecular weight excluding hydrogens is 395 g/mol. The number of allylic oxidation sites excluding steroid dienone is 1. The molecule has 3 aromatic rings. The maximum atomic E-state index is 13.9. The van der Waals surface area contributed by atoms with Crippen molar-refractivity contribution < 1.29 is 23.4 Å². The Morgan fingerprint density at radius 1 is 1.07 bits per heavy atom. The van der Waals surface area contributed by atoms with Crippen LogP contribution in [0.5, 0.6) is 17.2 Å². The van der Waals surface area contributed by atoms with E-state index in [1.807, 2.05) is 12.1 Å². The number of hydrogen-bond acceptors (Lipinski definition) is 4. The summed E-state index contributed by atoms with van der Waals surface area (Å²) < 4.78 is 30.4. The molecule has 0 unspecified atom stereocenters. The molecule has 4 nitrogen and oxygen atoms in total. The number of benzene rings is 3. The maximum Gasteiger partial charge on any atom is 0.231 e. The van der Waals surface area contributed by atoms with Crippen molar-refractivity contribution in [3.8, 4) is 17.2 Å². The van der Waals surface area contributed by atoms with Gasteiger partial charge in [-0.05, 0) is 48.0 Å². The van der Waals surface area contributed by atoms with Crippen LogP contribution in [0.3, 0.4) is 0 Å². The van der Waals surface area contributed by atoms with E-state index in [9.17, 15) is 9.18 Å². The van der Waals surface area contributed by atoms with Gasteiger partial charge in [0.2, 0.25) is 5.78 Å². The van der Waals surface area contributed by atoms with Gasteiger partial charge in [0.15, 0.2) is 5.76 Å². The average molecular weight is 411 g/mol. The fraction of sp³-hybridized carbons (Fsp3) is 0.0870. The second kappa shape index (κ2) is 7.97. The van der Waals surface area contributed by atoms with Gasteiger partial charge in [-0.1, -0.05) is 29.8 Å². The topological polar surface area (TPSA) is 44.8 Å². The molecule has 0 atom stereocenters. The predicted molar refractivity (Wildman–Crippen MR) is 108 cm³/mol. The lowest BCUT2D eigenvalue weighted by atomic mass is 10.1. The van der Waals surface area contributed by atoms with E-state index in [1.165, 1.54) is 12.1 Å². The summed E-state index contributed by atoms with van der Waals surface area (Å²) in [7, 11) is 1.59. The van der Waals surface area contributed by atoms with E-state index in [0.717, 1.165) is 11.3 Å². The van der Waals surface area contributed by atoms with Crippen LogP contribution in [0.15, 0.2) is 66.4 Å². The Kier molecular flexibility index (Phi) is 5.23. The average Bonchev–Trinajstić information content (AvgIpc) is 3.03. The van der Waals surface area contributed by atoms with Gasteiger partial charge < -0.3 is 14.2 Å². The minimum Gasteiger partial charge on any atom is -0.497 e. The van der Waals surface area contributed by atoms with Crippen molar-refractivity contribution in [2.24, 2.45) is 0 Å². The largest absolute Gasteiger partial charge is 0.497 e. The Morgan fingerprint density at radius 2 is 1.83 bits per heavy atom. The van der Waals surface area contributed by atoms with Crippen LogP contribution in [-0.2, 0) is 6.61 Å². The molecule has 1 aliphatic heterocycles. The molecule has 6 heteroatoms. The van der Waals surface area contributed by atoms with Gasteiger partial charge in [0.05, 0.1) is 17.7 Å². The van der Waals surface area contributed by atoms with E-state index >= 15 is 0 Å². The van der Waals surface area contributed by atoms with Crippen LogP contribution in [0.25, 0.3) is 6.08 Å². The minimum atomic E-state index is -0.435. The molecule has 0 amide bonds. The van der Waals surface area contributed by atoms with Crippen molar-refractivity contribution in [3.63, 3.8) is 0 Å². The van der Waals surface area contributed by atoms with E-state index < -0.39 is 5.82 Å². The zero-order chi connectivity index (χ0) is 20.4. The highest BCUT2D eigenvalue weighted by molar-refractivity contribution is 6.31. The lowest BCUT2D eigenvalue weighted by Crippen LogP contribution is -1.99. The number of fused-ring (bicyclic) bond motifs is 1. The van der Waals surface area contributed by atoms with Gasteiger partial charge in [0.1, 0.15) is 29.7 Å². The Morgan fingerprint density at radius 3 is 2.55 bits per heavy atom. The summed E-state index contributed by atoms with van der Waals surface area (Å²) in [5, 5.41) is 0.294. The molecule has 0 fully saturated rings. The third-order valence-corrected chi connectivity index (χ3v) is 4.85. The second-order valence-electron chi connectivity index (χ2n) is 6.36. The normalized spacial score (nSPS) is 13.9. The molecule has 0 spiro atoms. The number of methoxy groups -OCH3 is 1. The summed E-state index contributed by atoms with van der Waals surface area (Å²) in [5.41, 5.74) is 1.53. The molecule has 4 rings (SSSR count). The fourth-order valence-corrected chi connectivity index (χ4v) is 3.15. The van der Waals surface area contributed by atoms with Crippen LogP contribution in [0.4, 0.5) is 4.39 Å². The Balaban J connectivity index is 1.51. The number of carbonyl (C=O) groups excluding carboxylic acids is 1. The smallest absolute Gasteiger partial charge is 0.231 e. The number of rotatable bonds is 5. The third-order valence-electron chi connectivity index (χ3n) is 4.50. The number of Topliss-reactive ketones (excluding diaryl/α,β-unsaturated/α-hetero) is 1. The van der Waals surface area contributed by atoms with Crippen molar-refractivity contribution in [1.82, 2.24) is 0 Å². The second-order valence-corrected chi connectivity index (χ2v) is 6.77. The molecule has 0 saturated carbocycles. The molecule has 0 N–H and O–H groups in total. The summed E-state index contributed by atoms with van der Waals surface area (Å²) in [6.07, 6.45) is 1.67. The summed E-state index contributed by atoms with van der Waals surface area (Å²) in [4.78, 5) is 12.6. The van der Waals surface area contributed by atoms with E-state index in [1.54, 1.807) is 49.6 Å². The van der Waals surface area contributed by atoms with Crippen molar-refractivity contribution in [1.29, 1.82) is 0 Å². The van der Waals surface area contributed by atoms with Crippen molar-refractivity contribution >= 4 is 23.5 Å². The van der Waals surface area contributed by atoms with Gasteiger partial charge in [-0.15, -0.1) is 0 Å². The Bertz CT molecular complexity index is 1090. The first kappa shape index (κ1) is 19.0. The monoisotopic (exact) mass is 410 g/mol. The van der Waals surface area contributed by atoms with E-state index in [2.05, 4.69) is 0 Å². The highest BCUT2D eigenvalue weighted by Crippen LogP contribution is 2.35. The lowest BCUT2D eigenvalue weighted by Gasteiger charge is -2.09. The zero-order valence-corrected chi connectivity index (χ0v) is 16.2. The Hall–Kier alpha value is -3.31. The standard InChI is InChI=1S/C23H16ClFO4/c1-27-15-7-5-14(6-8-15)11-22-23(26)17-10-9-16(12-21(17)29-22)28-13-18-19(24)3-2-4-20(18)25/h2-12H,13H2,1H3/b22-11-. The van der Waals surface area contributed by atoms with Gasteiger partial charge in [-0.2, -0.15) is 0 Å². The minimum absolute atomic E-state index is 0.0349. The maximum absolute atomic E-state index is 13.9. The number of carbonyl (C=O) groups is 1. The molecule has 146 valence electrons. The first-order valence-electron chi connectivity index (χ1n) is 8.83. The van der Waals surface area contributed by atoms with Crippen LogP contribution < -0.4 is 14.2 Å². The number of ether oxygens (including phenoxy) is 3. The number of ketones is 1. The molecule has 0 aromatic heterocycles. The molecule has 0 saturated heterocycles. The van der Waals surface area contributed by atoms with Crippen molar-refractivity contribution in [2.75, 3.05) is 7.11 Å². The molecule has 1 heterocycles. The summed E-state index contributed by atoms with van der Waals surface area (Å²) in [6, 6.07) is 16.6. The van der Waals surface area contributed by atoms with Gasteiger partial charge >= 0.3 is 0 Å². The van der Waals surface area contributed by atoms with Crippen LogP contribution in [0, 0.1) is 5.82 Å². The fourth-order valence-electron chi connectivity index (χ4n) is 2.93. The summed E-state index contributed by atoms with van der Waals surface area (Å²) in [6.45, 7) is -0.0349. The molecule has 0 bridgehead atoms. The van der Waals surface area contributed by atoms with Crippen LogP contribution in [0.2, 0.25) is 5.02 Å². The van der Waals surface area contributed by atoms with Crippen LogP contribution in [0.1, 0.15) is 21.5 Å². The van der Waals surface area contributed by atoms with Crippen molar-refractivity contribution in [3.05, 3.63) is 94.0 Å². The molecule has 0 aliphatic carbocycles. The van der Waals surface area contributed by atoms with Crippen LogP contribution >= 0.6 is 11.6 Å². The molecule has 1 aliphatic rings. The highest BCUT2D eigenvalue weighted by atomic mass is 35.5. The van der Waals surface area contributed by atoms with Crippen molar-refractivity contribution in [2.45, 2.75) is 6.61 Å². The van der Waals surface area contributed by atoms with Gasteiger partial charge in [0.25, 0.3) is 0 Å². The zero-order valence-electron chi connectivity index (χ0n) is 15.4. The van der Waals surface area contributed by atoms with E-state index in [0.29, 0.717) is 22.1 Å². The van der Waals surface area contributed by atoms with E-state index in [-0.39, 0.29) is 23.7 Å². The molecule has 29 heavy (non-hydrogen) atoms. The first-order valence-corrected chi connectivity index (χ1v) is 9.21. The molecule has 3 aromatic carbocycles. The summed E-state index contributed by atoms with van der Waals surface area (Å²) >= 11 is 6.02. The van der Waals surface area contributed by atoms with Gasteiger partial charge in [-0.25, -0.2) is 4.39 Å². The quantitative estimate of drug-likeness (QED) is 0.507. The van der Waals surface area contributed by atoms with Gasteiger partial charge in [-0.3, -0.25) is 4.79 Å². The Labute approximate surface area is 172 Å². The highest BCUT2D eigenvalue weighted by Gasteiger charge is 2.27. The van der Waals surface area contributed by atoms with Crippen LogP contribution in [-0.4, -0.2) is 12.9 Å². The SMILES string of the molecule is COc1ccc(/C=C2\Oc3cc(OCc4c(F)cccc4Cl)ccc3C2=O)cc1. The first-order chi connectivity index (χ1) is 14.0.